The normalized spacial score (nSPS) is 10.6. The van der Waals surface area contributed by atoms with Gasteiger partial charge in [0, 0.05) is 11.8 Å². The van der Waals surface area contributed by atoms with Gasteiger partial charge in [0.1, 0.15) is 5.82 Å². The van der Waals surface area contributed by atoms with E-state index in [0.29, 0.717) is 17.1 Å². The number of aromatic amines is 1. The topological polar surface area (TPSA) is 62.7 Å². The van der Waals surface area contributed by atoms with E-state index in [1.165, 1.54) is 6.07 Å². The summed E-state index contributed by atoms with van der Waals surface area (Å²) in [7, 11) is 0. The van der Waals surface area contributed by atoms with Crippen molar-refractivity contribution < 1.29 is 13.6 Å². The molecule has 1 aromatic heterocycles. The molecule has 0 aliphatic carbocycles. The van der Waals surface area contributed by atoms with Crippen molar-refractivity contribution in [2.45, 2.75) is 13.0 Å². The van der Waals surface area contributed by atoms with Crippen molar-refractivity contribution in [3.8, 4) is 0 Å². The molecule has 0 fully saturated rings. The van der Waals surface area contributed by atoms with Crippen molar-refractivity contribution in [2.75, 3.05) is 5.32 Å². The first-order chi connectivity index (χ1) is 12.0. The van der Waals surface area contributed by atoms with Gasteiger partial charge in [-0.15, -0.1) is 0 Å². The van der Waals surface area contributed by atoms with E-state index in [1.807, 2.05) is 30.3 Å². The molecule has 2 aromatic carbocycles. The highest BCUT2D eigenvalue weighted by molar-refractivity contribution is 7.71. The van der Waals surface area contributed by atoms with Crippen LogP contribution in [0.5, 0.6) is 0 Å². The van der Waals surface area contributed by atoms with Crippen molar-refractivity contribution in [3.05, 3.63) is 76.3 Å². The Morgan fingerprint density at radius 1 is 1.16 bits per heavy atom. The van der Waals surface area contributed by atoms with Crippen molar-refractivity contribution in [3.63, 3.8) is 0 Å². The summed E-state index contributed by atoms with van der Waals surface area (Å²) in [5.41, 5.74) is 1.19. The standard InChI is InChI=1S/C17H14F2N4OS/c18-13-7-6-12(8-14(13)19)20-16(24)9-15-21-22-17(25)23(15)10-11-4-2-1-3-5-11/h1-8H,9-10H2,(H,20,24)(H,22,25). The Bertz CT molecular complexity index is 953. The molecule has 0 saturated heterocycles. The molecule has 25 heavy (non-hydrogen) atoms. The van der Waals surface area contributed by atoms with Crippen LogP contribution >= 0.6 is 12.2 Å². The summed E-state index contributed by atoms with van der Waals surface area (Å²) in [6.45, 7) is 0.476. The molecular formula is C17H14F2N4OS. The van der Waals surface area contributed by atoms with Crippen LogP contribution in [0.1, 0.15) is 11.4 Å². The predicted octanol–water partition coefficient (Wildman–Crippen LogP) is 3.45. The van der Waals surface area contributed by atoms with E-state index in [0.717, 1.165) is 17.7 Å². The second kappa shape index (κ2) is 7.35. The van der Waals surface area contributed by atoms with Crippen LogP contribution in [0.15, 0.2) is 48.5 Å². The predicted molar refractivity (Wildman–Crippen MR) is 91.6 cm³/mol. The van der Waals surface area contributed by atoms with Crippen molar-refractivity contribution in [1.29, 1.82) is 0 Å². The van der Waals surface area contributed by atoms with Crippen LogP contribution in [0.25, 0.3) is 0 Å². The molecule has 0 atom stereocenters. The molecule has 3 rings (SSSR count). The number of carbonyl (C=O) groups excluding carboxylic acids is 1. The van der Waals surface area contributed by atoms with Crippen LogP contribution in [-0.4, -0.2) is 20.7 Å². The number of nitrogens with one attached hydrogen (secondary N) is 2. The summed E-state index contributed by atoms with van der Waals surface area (Å²) in [4.78, 5) is 12.2. The second-order valence-corrected chi connectivity index (χ2v) is 5.76. The lowest BCUT2D eigenvalue weighted by molar-refractivity contribution is -0.115. The number of benzene rings is 2. The first kappa shape index (κ1) is 17.0. The van der Waals surface area contributed by atoms with Gasteiger partial charge in [0.2, 0.25) is 5.91 Å². The number of amides is 1. The van der Waals surface area contributed by atoms with Crippen molar-refractivity contribution in [2.24, 2.45) is 0 Å². The van der Waals surface area contributed by atoms with Gasteiger partial charge >= 0.3 is 0 Å². The molecule has 2 N–H and O–H groups in total. The fourth-order valence-corrected chi connectivity index (χ4v) is 2.55. The highest BCUT2D eigenvalue weighted by atomic mass is 32.1. The van der Waals surface area contributed by atoms with Crippen LogP contribution < -0.4 is 5.32 Å². The third kappa shape index (κ3) is 4.16. The van der Waals surface area contributed by atoms with Crippen LogP contribution in [0.3, 0.4) is 0 Å². The zero-order chi connectivity index (χ0) is 17.8. The summed E-state index contributed by atoms with van der Waals surface area (Å²) in [6, 6.07) is 12.8. The van der Waals surface area contributed by atoms with E-state index < -0.39 is 17.5 Å². The first-order valence-corrected chi connectivity index (χ1v) is 7.86. The molecule has 0 aliphatic rings. The average molecular weight is 360 g/mol. The van der Waals surface area contributed by atoms with Gasteiger partial charge in [-0.05, 0) is 29.9 Å². The van der Waals surface area contributed by atoms with E-state index >= 15 is 0 Å². The van der Waals surface area contributed by atoms with E-state index in [2.05, 4.69) is 15.5 Å². The Hall–Kier alpha value is -2.87. The lowest BCUT2D eigenvalue weighted by atomic mass is 10.2. The number of hydrogen-bond acceptors (Lipinski definition) is 3. The Balaban J connectivity index is 1.73. The summed E-state index contributed by atoms with van der Waals surface area (Å²) >= 11 is 5.21. The van der Waals surface area contributed by atoms with Gasteiger partial charge < -0.3 is 5.32 Å². The Kier molecular flexibility index (Phi) is 4.99. The Morgan fingerprint density at radius 3 is 2.64 bits per heavy atom. The number of nitrogens with zero attached hydrogens (tertiary/aromatic N) is 2. The monoisotopic (exact) mass is 360 g/mol. The molecule has 8 heteroatoms. The van der Waals surface area contributed by atoms with Gasteiger partial charge in [0.25, 0.3) is 0 Å². The Labute approximate surface area is 147 Å². The third-order valence-corrected chi connectivity index (χ3v) is 3.85. The first-order valence-electron chi connectivity index (χ1n) is 7.46. The molecular weight excluding hydrogens is 346 g/mol. The third-order valence-electron chi connectivity index (χ3n) is 3.54. The van der Waals surface area contributed by atoms with Gasteiger partial charge in [-0.25, -0.2) is 8.78 Å². The molecule has 0 unspecified atom stereocenters. The molecule has 0 radical (unpaired) electrons. The molecule has 0 bridgehead atoms. The number of rotatable bonds is 5. The minimum atomic E-state index is -1.02. The van der Waals surface area contributed by atoms with Gasteiger partial charge in [-0.3, -0.25) is 14.5 Å². The number of carbonyl (C=O) groups is 1. The van der Waals surface area contributed by atoms with Crippen molar-refractivity contribution >= 4 is 23.8 Å². The van der Waals surface area contributed by atoms with Crippen LogP contribution in [0.4, 0.5) is 14.5 Å². The molecule has 1 heterocycles. The minimum absolute atomic E-state index is 0.0566. The highest BCUT2D eigenvalue weighted by Crippen LogP contribution is 2.14. The summed E-state index contributed by atoms with van der Waals surface area (Å²) < 4.78 is 28.3. The summed E-state index contributed by atoms with van der Waals surface area (Å²) in [6.07, 6.45) is -0.0566. The number of anilines is 1. The largest absolute Gasteiger partial charge is 0.326 e. The number of H-pyrrole nitrogens is 1. The number of halogens is 2. The fourth-order valence-electron chi connectivity index (χ4n) is 2.34. The lowest BCUT2D eigenvalue weighted by Crippen LogP contribution is -2.18. The highest BCUT2D eigenvalue weighted by Gasteiger charge is 2.13. The maximum Gasteiger partial charge on any atom is 0.232 e. The maximum absolute atomic E-state index is 13.2. The Morgan fingerprint density at radius 2 is 1.92 bits per heavy atom. The fraction of sp³-hybridized carbons (Fsp3) is 0.118. The van der Waals surface area contributed by atoms with Gasteiger partial charge in [0.05, 0.1) is 13.0 Å². The van der Waals surface area contributed by atoms with E-state index in [-0.39, 0.29) is 12.1 Å². The van der Waals surface area contributed by atoms with E-state index in [1.54, 1.807) is 4.57 Å². The van der Waals surface area contributed by atoms with Gasteiger partial charge in [-0.1, -0.05) is 30.3 Å². The quantitative estimate of drug-likeness (QED) is 0.685. The molecule has 0 spiro atoms. The van der Waals surface area contributed by atoms with Crippen LogP contribution in [-0.2, 0) is 17.8 Å². The van der Waals surface area contributed by atoms with Crippen LogP contribution in [0.2, 0.25) is 0 Å². The molecule has 128 valence electrons. The van der Waals surface area contributed by atoms with Crippen LogP contribution in [0, 0.1) is 16.4 Å². The summed E-state index contributed by atoms with van der Waals surface area (Å²) in [5, 5.41) is 9.26. The number of aromatic nitrogens is 3. The van der Waals surface area contributed by atoms with Crippen molar-refractivity contribution in [1.82, 2.24) is 14.8 Å². The average Bonchev–Trinajstić information content (AvgIpc) is 2.92. The van der Waals surface area contributed by atoms with Gasteiger partial charge in [0.15, 0.2) is 16.4 Å². The number of hydrogen-bond donors (Lipinski definition) is 2. The van der Waals surface area contributed by atoms with E-state index in [4.69, 9.17) is 12.2 Å². The second-order valence-electron chi connectivity index (χ2n) is 5.37. The zero-order valence-corrected chi connectivity index (χ0v) is 13.8. The molecule has 0 aliphatic heterocycles. The lowest BCUT2D eigenvalue weighted by Gasteiger charge is -2.08. The molecule has 3 aromatic rings. The zero-order valence-electron chi connectivity index (χ0n) is 13.0. The smallest absolute Gasteiger partial charge is 0.232 e. The summed E-state index contributed by atoms with van der Waals surface area (Å²) in [5.74, 6) is -1.95. The maximum atomic E-state index is 13.2. The van der Waals surface area contributed by atoms with Gasteiger partial charge in [-0.2, -0.15) is 5.10 Å². The van der Waals surface area contributed by atoms with E-state index in [9.17, 15) is 13.6 Å². The molecule has 5 nitrogen and oxygen atoms in total. The molecule has 0 saturated carbocycles. The minimum Gasteiger partial charge on any atom is -0.326 e. The SMILES string of the molecule is O=C(Cc1n[nH]c(=S)n1Cc1ccccc1)Nc1ccc(F)c(F)c1. The molecule has 1 amide bonds.